The fraction of sp³-hybridized carbons (Fsp3) is 0.417. The summed E-state index contributed by atoms with van der Waals surface area (Å²) < 4.78 is 22.5. The van der Waals surface area contributed by atoms with Gasteiger partial charge in [-0.2, -0.15) is 0 Å². The Balaban J connectivity index is 2.83. The number of sulfone groups is 1. The summed E-state index contributed by atoms with van der Waals surface area (Å²) >= 11 is 5.69. The van der Waals surface area contributed by atoms with Crippen molar-refractivity contribution in [1.29, 1.82) is 0 Å². The lowest BCUT2D eigenvalue weighted by molar-refractivity contribution is 0.0939. The fourth-order valence-electron chi connectivity index (χ4n) is 1.37. The van der Waals surface area contributed by atoms with Gasteiger partial charge in [-0.1, -0.05) is 6.92 Å². The summed E-state index contributed by atoms with van der Waals surface area (Å²) in [6, 6.07) is 5.76. The molecule has 0 saturated carbocycles. The average molecular weight is 290 g/mol. The number of hydrogen-bond acceptors (Lipinski definition) is 3. The van der Waals surface area contributed by atoms with Crippen LogP contribution >= 0.6 is 11.6 Å². The van der Waals surface area contributed by atoms with E-state index >= 15 is 0 Å². The minimum atomic E-state index is -3.23. The van der Waals surface area contributed by atoms with Crippen molar-refractivity contribution < 1.29 is 13.2 Å². The van der Waals surface area contributed by atoms with Gasteiger partial charge in [-0.05, 0) is 30.7 Å². The first-order chi connectivity index (χ1) is 8.38. The maximum Gasteiger partial charge on any atom is 0.251 e. The molecule has 4 nitrogen and oxygen atoms in total. The van der Waals surface area contributed by atoms with Gasteiger partial charge in [-0.15, -0.1) is 11.6 Å². The molecule has 1 amide bonds. The van der Waals surface area contributed by atoms with Crippen LogP contribution in [0, 0.1) is 0 Å². The lowest BCUT2D eigenvalue weighted by Gasteiger charge is -2.13. The molecule has 100 valence electrons. The summed E-state index contributed by atoms with van der Waals surface area (Å²) in [4.78, 5) is 12.0. The van der Waals surface area contributed by atoms with Crippen LogP contribution in [0.2, 0.25) is 0 Å². The molecular formula is C12H16ClNO3S. The van der Waals surface area contributed by atoms with Gasteiger partial charge in [0.2, 0.25) is 0 Å². The molecule has 6 heteroatoms. The third kappa shape index (κ3) is 3.99. The third-order valence-electron chi connectivity index (χ3n) is 2.56. The summed E-state index contributed by atoms with van der Waals surface area (Å²) in [5.74, 6) is 0.103. The summed E-state index contributed by atoms with van der Waals surface area (Å²) in [6.07, 6.45) is 1.87. The van der Waals surface area contributed by atoms with E-state index in [1.54, 1.807) is 0 Å². The molecule has 0 aliphatic rings. The third-order valence-corrected chi connectivity index (χ3v) is 4.06. The summed E-state index contributed by atoms with van der Waals surface area (Å²) in [7, 11) is -3.23. The zero-order valence-electron chi connectivity index (χ0n) is 10.3. The van der Waals surface area contributed by atoms with Gasteiger partial charge in [0, 0.05) is 23.7 Å². The molecule has 0 aliphatic heterocycles. The van der Waals surface area contributed by atoms with Gasteiger partial charge in [0.05, 0.1) is 4.90 Å². The molecule has 1 aromatic carbocycles. The van der Waals surface area contributed by atoms with Gasteiger partial charge in [-0.3, -0.25) is 4.79 Å². The number of rotatable bonds is 5. The quantitative estimate of drug-likeness (QED) is 0.841. The van der Waals surface area contributed by atoms with E-state index in [1.165, 1.54) is 24.3 Å². The van der Waals surface area contributed by atoms with E-state index in [9.17, 15) is 13.2 Å². The van der Waals surface area contributed by atoms with Crippen LogP contribution in [0.25, 0.3) is 0 Å². The average Bonchev–Trinajstić information content (AvgIpc) is 2.34. The van der Waals surface area contributed by atoms with Crippen LogP contribution in [0.1, 0.15) is 23.7 Å². The summed E-state index contributed by atoms with van der Waals surface area (Å²) in [5.41, 5.74) is 0.422. The normalized spacial score (nSPS) is 13.1. The number of hydrogen-bond donors (Lipinski definition) is 1. The number of benzene rings is 1. The Labute approximate surface area is 112 Å². The molecule has 0 radical (unpaired) electrons. The van der Waals surface area contributed by atoms with Gasteiger partial charge in [0.25, 0.3) is 5.91 Å². The largest absolute Gasteiger partial charge is 0.348 e. The second-order valence-corrected chi connectivity index (χ2v) is 6.35. The Hall–Kier alpha value is -1.07. The van der Waals surface area contributed by atoms with Gasteiger partial charge in [0.1, 0.15) is 0 Å². The van der Waals surface area contributed by atoms with Crippen LogP contribution in [0.4, 0.5) is 0 Å². The molecule has 0 aliphatic carbocycles. The summed E-state index contributed by atoms with van der Waals surface area (Å²) in [6.45, 7) is 1.93. The molecule has 1 atom stereocenters. The molecule has 0 heterocycles. The number of alkyl halides is 1. The topological polar surface area (TPSA) is 63.2 Å². The highest BCUT2D eigenvalue weighted by molar-refractivity contribution is 7.90. The lowest BCUT2D eigenvalue weighted by atomic mass is 10.2. The van der Waals surface area contributed by atoms with Crippen molar-refractivity contribution in [1.82, 2.24) is 5.32 Å². The number of nitrogens with one attached hydrogen (secondary N) is 1. The van der Waals surface area contributed by atoms with Crippen LogP contribution < -0.4 is 5.32 Å². The van der Waals surface area contributed by atoms with Crippen molar-refractivity contribution in [3.8, 4) is 0 Å². The number of halogens is 1. The van der Waals surface area contributed by atoms with Crippen LogP contribution in [0.3, 0.4) is 0 Å². The first-order valence-electron chi connectivity index (χ1n) is 5.55. The Bertz CT molecular complexity index is 507. The van der Waals surface area contributed by atoms with Crippen molar-refractivity contribution in [2.45, 2.75) is 24.3 Å². The molecule has 0 fully saturated rings. The Morgan fingerprint density at radius 3 is 2.28 bits per heavy atom. The highest BCUT2D eigenvalue weighted by Gasteiger charge is 2.12. The predicted octanol–water partition coefficient (Wildman–Crippen LogP) is 1.84. The van der Waals surface area contributed by atoms with Crippen LogP contribution in [0.15, 0.2) is 29.2 Å². The number of amides is 1. The fourth-order valence-corrected chi connectivity index (χ4v) is 2.30. The van der Waals surface area contributed by atoms with Gasteiger partial charge in [0.15, 0.2) is 9.84 Å². The first-order valence-corrected chi connectivity index (χ1v) is 7.98. The second kappa shape index (κ2) is 6.20. The van der Waals surface area contributed by atoms with Crippen LogP contribution in [-0.2, 0) is 9.84 Å². The van der Waals surface area contributed by atoms with Gasteiger partial charge >= 0.3 is 0 Å². The molecule has 0 aromatic heterocycles. The lowest BCUT2D eigenvalue weighted by Crippen LogP contribution is -2.35. The smallest absolute Gasteiger partial charge is 0.251 e. The maximum atomic E-state index is 11.8. The van der Waals surface area contributed by atoms with Gasteiger partial charge in [-0.25, -0.2) is 8.42 Å². The molecule has 1 rings (SSSR count). The molecule has 1 N–H and O–H groups in total. The van der Waals surface area contributed by atoms with E-state index in [0.29, 0.717) is 11.4 Å². The van der Waals surface area contributed by atoms with Crippen LogP contribution in [0.5, 0.6) is 0 Å². The summed E-state index contributed by atoms with van der Waals surface area (Å²) in [5, 5.41) is 2.77. The highest BCUT2D eigenvalue weighted by Crippen LogP contribution is 2.10. The van der Waals surface area contributed by atoms with Crippen molar-refractivity contribution in [3.05, 3.63) is 29.8 Å². The maximum absolute atomic E-state index is 11.8. The van der Waals surface area contributed by atoms with Crippen molar-refractivity contribution in [3.63, 3.8) is 0 Å². The molecule has 1 aromatic rings. The van der Waals surface area contributed by atoms with Crippen molar-refractivity contribution in [2.24, 2.45) is 0 Å². The van der Waals surface area contributed by atoms with Crippen LogP contribution in [-0.4, -0.2) is 32.5 Å². The van der Waals surface area contributed by atoms with Gasteiger partial charge < -0.3 is 5.32 Å². The Kier molecular flexibility index (Phi) is 5.16. The zero-order chi connectivity index (χ0) is 13.8. The van der Waals surface area contributed by atoms with E-state index in [-0.39, 0.29) is 16.8 Å². The van der Waals surface area contributed by atoms with Crippen molar-refractivity contribution in [2.75, 3.05) is 12.1 Å². The minimum Gasteiger partial charge on any atom is -0.348 e. The molecular weight excluding hydrogens is 274 g/mol. The van der Waals surface area contributed by atoms with E-state index in [4.69, 9.17) is 11.6 Å². The molecule has 0 spiro atoms. The van der Waals surface area contributed by atoms with E-state index < -0.39 is 9.84 Å². The van der Waals surface area contributed by atoms with Crippen molar-refractivity contribution >= 4 is 27.3 Å². The Morgan fingerprint density at radius 2 is 1.89 bits per heavy atom. The van der Waals surface area contributed by atoms with E-state index in [1.807, 2.05) is 6.92 Å². The minimum absolute atomic E-state index is 0.0752. The highest BCUT2D eigenvalue weighted by atomic mass is 35.5. The molecule has 1 unspecified atom stereocenters. The molecule has 18 heavy (non-hydrogen) atoms. The standard InChI is InChI=1S/C12H16ClNO3S/c1-3-10(8-13)14-12(15)9-4-6-11(7-5-9)18(2,16)17/h4-7,10H,3,8H2,1-2H3,(H,14,15). The van der Waals surface area contributed by atoms with E-state index in [2.05, 4.69) is 5.32 Å². The van der Waals surface area contributed by atoms with E-state index in [0.717, 1.165) is 12.7 Å². The Morgan fingerprint density at radius 1 is 1.33 bits per heavy atom. The SMILES string of the molecule is CCC(CCl)NC(=O)c1ccc(S(C)(=O)=O)cc1. The number of carbonyl (C=O) groups excluding carboxylic acids is 1. The molecule has 0 bridgehead atoms. The molecule has 0 saturated heterocycles. The monoisotopic (exact) mass is 289 g/mol. The zero-order valence-corrected chi connectivity index (χ0v) is 11.9. The first kappa shape index (κ1) is 15.0. The predicted molar refractivity (Wildman–Crippen MR) is 71.8 cm³/mol. The second-order valence-electron chi connectivity index (χ2n) is 4.03. The number of carbonyl (C=O) groups is 1.